The molecule has 0 saturated carbocycles. The van der Waals surface area contributed by atoms with E-state index in [-0.39, 0.29) is 41.1 Å². The number of nitrogens with zero attached hydrogens (tertiary/aromatic N) is 3. The van der Waals surface area contributed by atoms with Crippen LogP contribution < -0.4 is 10.9 Å². The summed E-state index contributed by atoms with van der Waals surface area (Å²) in [4.78, 5) is 61.4. The first-order chi connectivity index (χ1) is 19.7. The Morgan fingerprint density at radius 1 is 1.05 bits per heavy atom. The van der Waals surface area contributed by atoms with Crippen molar-refractivity contribution in [2.45, 2.75) is 36.7 Å². The van der Waals surface area contributed by atoms with Gasteiger partial charge in [-0.2, -0.15) is 4.98 Å². The molecule has 2 aromatic heterocycles. The van der Waals surface area contributed by atoms with Gasteiger partial charge in [0.25, 0.3) is 5.56 Å². The van der Waals surface area contributed by atoms with Gasteiger partial charge in [0.1, 0.15) is 12.0 Å². The van der Waals surface area contributed by atoms with E-state index in [1.165, 1.54) is 10.9 Å². The highest BCUT2D eigenvalue weighted by atomic mass is 32.2. The average molecular weight is 580 g/mol. The molecule has 2 N–H and O–H groups in total. The van der Waals surface area contributed by atoms with Crippen LogP contribution in [0.2, 0.25) is 0 Å². The zero-order chi connectivity index (χ0) is 29.1. The van der Waals surface area contributed by atoms with Crippen molar-refractivity contribution >= 4 is 46.7 Å². The van der Waals surface area contributed by atoms with Gasteiger partial charge in [-0.3, -0.25) is 24.5 Å². The maximum atomic E-state index is 16.0. The Morgan fingerprint density at radius 3 is 2.32 bits per heavy atom. The third kappa shape index (κ3) is 5.99. The molecule has 0 aliphatic carbocycles. The fraction of sp³-hybridized carbons (Fsp3) is 0.286. The molecule has 41 heavy (non-hydrogen) atoms. The molecule has 1 aliphatic heterocycles. The number of thioether (sulfide) groups is 1. The third-order valence-corrected chi connectivity index (χ3v) is 7.90. The van der Waals surface area contributed by atoms with Crippen LogP contribution >= 0.6 is 11.8 Å². The van der Waals surface area contributed by atoms with Crippen molar-refractivity contribution < 1.29 is 28.2 Å². The van der Waals surface area contributed by atoms with E-state index >= 15 is 4.39 Å². The SMILES string of the molecule is CC(C)C(=O)Nc1nc2c(ncn2[C@@H]2S[C@H](COC(=O)c3ccccc3)C(F)[C@@H]2OC(=O)c2ccccc2)c(=O)[nH]1. The molecule has 13 heteroatoms. The Balaban J connectivity index is 1.46. The van der Waals surface area contributed by atoms with Crippen LogP contribution in [0.3, 0.4) is 0 Å². The summed E-state index contributed by atoms with van der Waals surface area (Å²) >= 11 is 1.06. The summed E-state index contributed by atoms with van der Waals surface area (Å²) in [5, 5.41) is 0.701. The van der Waals surface area contributed by atoms with E-state index in [1.54, 1.807) is 74.5 Å². The largest absolute Gasteiger partial charge is 0.461 e. The van der Waals surface area contributed by atoms with Crippen molar-refractivity contribution in [1.29, 1.82) is 0 Å². The molecule has 0 spiro atoms. The number of carbonyl (C=O) groups is 3. The number of aromatic nitrogens is 4. The van der Waals surface area contributed by atoms with Crippen LogP contribution in [0.15, 0.2) is 71.8 Å². The highest BCUT2D eigenvalue weighted by Crippen LogP contribution is 2.46. The summed E-state index contributed by atoms with van der Waals surface area (Å²) in [5.41, 5.74) is -0.0599. The summed E-state index contributed by atoms with van der Waals surface area (Å²) < 4.78 is 28.5. The lowest BCUT2D eigenvalue weighted by Gasteiger charge is -2.22. The van der Waals surface area contributed by atoms with Gasteiger partial charge in [-0.15, -0.1) is 11.8 Å². The quantitative estimate of drug-likeness (QED) is 0.298. The molecule has 5 rings (SSSR count). The molecule has 4 aromatic rings. The second kappa shape index (κ2) is 11.9. The van der Waals surface area contributed by atoms with Crippen LogP contribution in [-0.4, -0.2) is 61.5 Å². The number of H-pyrrole nitrogens is 1. The van der Waals surface area contributed by atoms with Gasteiger partial charge in [-0.25, -0.2) is 19.0 Å². The Labute approximate surface area is 237 Å². The average Bonchev–Trinajstić information content (AvgIpc) is 3.53. The Bertz CT molecular complexity index is 1630. The summed E-state index contributed by atoms with van der Waals surface area (Å²) in [6, 6.07) is 16.4. The molecule has 1 aliphatic rings. The summed E-state index contributed by atoms with van der Waals surface area (Å²) in [6.45, 7) is 3.07. The van der Waals surface area contributed by atoms with Gasteiger partial charge >= 0.3 is 11.9 Å². The van der Waals surface area contributed by atoms with Crippen molar-refractivity contribution in [3.63, 3.8) is 0 Å². The molecular formula is C28H26FN5O6S. The molecule has 1 saturated heterocycles. The fourth-order valence-corrected chi connectivity index (χ4v) is 5.65. The number of rotatable bonds is 8. The van der Waals surface area contributed by atoms with E-state index in [0.717, 1.165) is 11.8 Å². The van der Waals surface area contributed by atoms with E-state index in [4.69, 9.17) is 9.47 Å². The van der Waals surface area contributed by atoms with Crippen LogP contribution in [0.4, 0.5) is 10.3 Å². The lowest BCUT2D eigenvalue weighted by Crippen LogP contribution is -2.35. The summed E-state index contributed by atoms with van der Waals surface area (Å²) in [5.74, 6) is -2.21. The molecule has 1 unspecified atom stereocenters. The Hall–Kier alpha value is -4.52. The molecule has 0 bridgehead atoms. The van der Waals surface area contributed by atoms with Gasteiger partial charge in [0.05, 0.1) is 22.7 Å². The van der Waals surface area contributed by atoms with Crippen molar-refractivity contribution in [3.8, 4) is 0 Å². The lowest BCUT2D eigenvalue weighted by molar-refractivity contribution is -0.118. The number of ether oxygens (including phenoxy) is 2. The van der Waals surface area contributed by atoms with Gasteiger partial charge in [0.2, 0.25) is 11.9 Å². The first-order valence-corrected chi connectivity index (χ1v) is 13.7. The number of anilines is 1. The van der Waals surface area contributed by atoms with Crippen molar-refractivity contribution in [2.75, 3.05) is 11.9 Å². The number of hydrogen-bond acceptors (Lipinski definition) is 9. The number of aromatic amines is 1. The van der Waals surface area contributed by atoms with Gasteiger partial charge in [-0.1, -0.05) is 50.2 Å². The number of esters is 2. The zero-order valence-corrected chi connectivity index (χ0v) is 22.8. The number of hydrogen-bond donors (Lipinski definition) is 2. The molecule has 3 heterocycles. The van der Waals surface area contributed by atoms with Gasteiger partial charge in [0.15, 0.2) is 23.4 Å². The Kier molecular flexibility index (Phi) is 8.15. The number of nitrogens with one attached hydrogen (secondary N) is 2. The number of alkyl halides is 1. The summed E-state index contributed by atoms with van der Waals surface area (Å²) in [6.07, 6.45) is -1.80. The number of amides is 1. The van der Waals surface area contributed by atoms with E-state index in [2.05, 4.69) is 20.3 Å². The Morgan fingerprint density at radius 2 is 1.68 bits per heavy atom. The number of carbonyl (C=O) groups excluding carboxylic acids is 3. The molecule has 1 fully saturated rings. The van der Waals surface area contributed by atoms with E-state index < -0.39 is 40.4 Å². The highest BCUT2D eigenvalue weighted by Gasteiger charge is 2.49. The zero-order valence-electron chi connectivity index (χ0n) is 22.0. The van der Waals surface area contributed by atoms with Crippen LogP contribution in [0.25, 0.3) is 11.2 Å². The van der Waals surface area contributed by atoms with Gasteiger partial charge in [0, 0.05) is 5.92 Å². The van der Waals surface area contributed by atoms with Crippen LogP contribution in [0.1, 0.15) is 39.9 Å². The number of fused-ring (bicyclic) bond motifs is 1. The lowest BCUT2D eigenvalue weighted by atomic mass is 10.1. The fourth-order valence-electron chi connectivity index (χ4n) is 4.19. The van der Waals surface area contributed by atoms with E-state index in [0.29, 0.717) is 5.56 Å². The van der Waals surface area contributed by atoms with Crippen molar-refractivity contribution in [2.24, 2.45) is 5.92 Å². The van der Waals surface area contributed by atoms with Crippen molar-refractivity contribution in [3.05, 3.63) is 88.5 Å². The summed E-state index contributed by atoms with van der Waals surface area (Å²) in [7, 11) is 0. The highest BCUT2D eigenvalue weighted by molar-refractivity contribution is 8.00. The van der Waals surface area contributed by atoms with E-state index in [1.807, 2.05) is 0 Å². The molecule has 1 amide bonds. The predicted octanol–water partition coefficient (Wildman–Crippen LogP) is 3.75. The third-order valence-electron chi connectivity index (χ3n) is 6.38. The topological polar surface area (TPSA) is 145 Å². The second-order valence-electron chi connectivity index (χ2n) is 9.59. The maximum Gasteiger partial charge on any atom is 0.338 e. The van der Waals surface area contributed by atoms with Crippen molar-refractivity contribution in [1.82, 2.24) is 19.5 Å². The van der Waals surface area contributed by atoms with Crippen LogP contribution in [-0.2, 0) is 14.3 Å². The van der Waals surface area contributed by atoms with Crippen LogP contribution in [0, 0.1) is 5.92 Å². The molecule has 4 atom stereocenters. The molecular weight excluding hydrogens is 553 g/mol. The minimum absolute atomic E-state index is 0.0457. The van der Waals surface area contributed by atoms with Gasteiger partial charge < -0.3 is 9.47 Å². The van der Waals surface area contributed by atoms with Crippen LogP contribution in [0.5, 0.6) is 0 Å². The second-order valence-corrected chi connectivity index (χ2v) is 11.0. The molecule has 11 nitrogen and oxygen atoms in total. The minimum atomic E-state index is -1.75. The standard InChI is InChI=1S/C28H26FN5O6S/c1-15(2)23(35)32-28-31-22-20(24(36)33-28)30-14-34(22)25-21(40-27(38)17-11-7-4-8-12-17)19(29)18(41-25)13-39-26(37)16-9-5-3-6-10-16/h3-12,14-15,18-19,21,25H,13H2,1-2H3,(H2,31,32,33,35,36)/t18-,19?,21+,25-/m1/s1. The number of halogens is 1. The first-order valence-electron chi connectivity index (χ1n) is 12.8. The molecule has 212 valence electrons. The smallest absolute Gasteiger partial charge is 0.338 e. The first kappa shape index (κ1) is 28.0. The molecule has 0 radical (unpaired) electrons. The maximum absolute atomic E-state index is 16.0. The number of benzene rings is 2. The minimum Gasteiger partial charge on any atom is -0.461 e. The number of imidazole rings is 1. The van der Waals surface area contributed by atoms with E-state index in [9.17, 15) is 19.2 Å². The normalized spacial score (nSPS) is 20.2. The predicted molar refractivity (Wildman–Crippen MR) is 149 cm³/mol. The monoisotopic (exact) mass is 579 g/mol. The molecule has 2 aromatic carbocycles. The van der Waals surface area contributed by atoms with Gasteiger partial charge in [-0.05, 0) is 24.3 Å².